The lowest BCUT2D eigenvalue weighted by Gasteiger charge is -1.98. The highest BCUT2D eigenvalue weighted by Gasteiger charge is 2.38. The Labute approximate surface area is 93.2 Å². The molecule has 0 saturated heterocycles. The SMILES string of the molecule is NNCc1cccnc1F.O=C(O)C(F)(F)F. The van der Waals surface area contributed by atoms with Gasteiger partial charge in [0.15, 0.2) is 0 Å². The third kappa shape index (κ3) is 6.43. The molecule has 0 aromatic carbocycles. The van der Waals surface area contributed by atoms with E-state index in [-0.39, 0.29) is 0 Å². The third-order valence-electron chi connectivity index (χ3n) is 1.37. The molecule has 0 radical (unpaired) electrons. The molecule has 0 atom stereocenters. The number of aromatic nitrogens is 1. The number of aliphatic carboxylic acids is 1. The molecule has 0 aliphatic carbocycles. The molecule has 17 heavy (non-hydrogen) atoms. The number of carboxylic acids is 1. The monoisotopic (exact) mass is 255 g/mol. The molecule has 0 bridgehead atoms. The maximum Gasteiger partial charge on any atom is 0.490 e. The van der Waals surface area contributed by atoms with Gasteiger partial charge < -0.3 is 5.11 Å². The molecule has 0 fully saturated rings. The van der Waals surface area contributed by atoms with Crippen molar-refractivity contribution in [3.8, 4) is 0 Å². The van der Waals surface area contributed by atoms with Crippen molar-refractivity contribution in [3.63, 3.8) is 0 Å². The quantitative estimate of drug-likeness (QED) is 0.315. The molecule has 0 unspecified atom stereocenters. The molecule has 0 aliphatic rings. The number of alkyl halides is 3. The van der Waals surface area contributed by atoms with E-state index in [1.807, 2.05) is 0 Å². The summed E-state index contributed by atoms with van der Waals surface area (Å²) in [6.07, 6.45) is -3.69. The summed E-state index contributed by atoms with van der Waals surface area (Å²) < 4.78 is 44.3. The first-order valence-electron chi connectivity index (χ1n) is 4.12. The number of rotatable bonds is 2. The number of nitrogens with two attached hydrogens (primary N) is 1. The van der Waals surface area contributed by atoms with Crippen LogP contribution in [0.1, 0.15) is 5.56 Å². The molecular formula is C8H9F4N3O2. The van der Waals surface area contributed by atoms with E-state index in [1.54, 1.807) is 12.1 Å². The first kappa shape index (κ1) is 15.3. The average Bonchev–Trinajstić information content (AvgIpc) is 2.21. The van der Waals surface area contributed by atoms with E-state index in [4.69, 9.17) is 15.7 Å². The van der Waals surface area contributed by atoms with E-state index < -0.39 is 18.1 Å². The fourth-order valence-corrected chi connectivity index (χ4v) is 0.661. The maximum absolute atomic E-state index is 12.6. The van der Waals surface area contributed by atoms with Crippen molar-refractivity contribution in [2.24, 2.45) is 5.84 Å². The number of pyridine rings is 1. The van der Waals surface area contributed by atoms with Crippen molar-refractivity contribution in [1.29, 1.82) is 0 Å². The third-order valence-corrected chi connectivity index (χ3v) is 1.37. The fourth-order valence-electron chi connectivity index (χ4n) is 0.661. The van der Waals surface area contributed by atoms with Crippen LogP contribution in [-0.4, -0.2) is 22.2 Å². The van der Waals surface area contributed by atoms with Crippen LogP contribution >= 0.6 is 0 Å². The lowest BCUT2D eigenvalue weighted by atomic mass is 10.3. The summed E-state index contributed by atoms with van der Waals surface area (Å²) in [5.74, 6) is 1.76. The van der Waals surface area contributed by atoms with Crippen LogP contribution in [-0.2, 0) is 11.3 Å². The highest BCUT2D eigenvalue weighted by molar-refractivity contribution is 5.73. The molecule has 1 aromatic heterocycles. The summed E-state index contributed by atoms with van der Waals surface area (Å²) in [5, 5.41) is 7.12. The maximum atomic E-state index is 12.6. The molecule has 5 nitrogen and oxygen atoms in total. The van der Waals surface area contributed by atoms with Crippen molar-refractivity contribution < 1.29 is 27.5 Å². The minimum absolute atomic E-state index is 0.305. The Kier molecular flexibility index (Phi) is 6.07. The molecule has 0 aliphatic heterocycles. The van der Waals surface area contributed by atoms with Crippen molar-refractivity contribution in [1.82, 2.24) is 10.4 Å². The first-order valence-corrected chi connectivity index (χ1v) is 4.12. The number of hydrogen-bond acceptors (Lipinski definition) is 4. The lowest BCUT2D eigenvalue weighted by molar-refractivity contribution is -0.192. The molecule has 0 spiro atoms. The number of carboxylic acid groups (broad SMARTS) is 1. The van der Waals surface area contributed by atoms with E-state index in [1.165, 1.54) is 6.20 Å². The molecular weight excluding hydrogens is 246 g/mol. The first-order chi connectivity index (χ1) is 7.79. The van der Waals surface area contributed by atoms with Crippen LogP contribution in [0, 0.1) is 5.95 Å². The van der Waals surface area contributed by atoms with Gasteiger partial charge >= 0.3 is 12.1 Å². The highest BCUT2D eigenvalue weighted by atomic mass is 19.4. The topological polar surface area (TPSA) is 88.2 Å². The Hall–Kier alpha value is -1.74. The van der Waals surface area contributed by atoms with Crippen LogP contribution in [0.15, 0.2) is 18.3 Å². The zero-order chi connectivity index (χ0) is 13.5. The molecule has 4 N–H and O–H groups in total. The summed E-state index contributed by atoms with van der Waals surface area (Å²) in [6, 6.07) is 3.29. The Morgan fingerprint density at radius 3 is 2.41 bits per heavy atom. The number of nitrogens with one attached hydrogen (secondary N) is 1. The molecule has 96 valence electrons. The van der Waals surface area contributed by atoms with Gasteiger partial charge in [-0.15, -0.1) is 0 Å². The highest BCUT2D eigenvalue weighted by Crippen LogP contribution is 2.13. The Morgan fingerprint density at radius 1 is 1.53 bits per heavy atom. The van der Waals surface area contributed by atoms with Crippen molar-refractivity contribution in [2.45, 2.75) is 12.7 Å². The Balaban J connectivity index is 0.000000325. The summed E-state index contributed by atoms with van der Waals surface area (Å²) in [4.78, 5) is 12.3. The van der Waals surface area contributed by atoms with Crippen LogP contribution < -0.4 is 11.3 Å². The summed E-state index contributed by atoms with van der Waals surface area (Å²) in [6.45, 7) is 0.305. The van der Waals surface area contributed by atoms with Gasteiger partial charge in [-0.25, -0.2) is 9.78 Å². The van der Waals surface area contributed by atoms with E-state index in [9.17, 15) is 17.6 Å². The molecule has 1 rings (SSSR count). The van der Waals surface area contributed by atoms with Gasteiger partial charge in [-0.2, -0.15) is 17.6 Å². The molecule has 9 heteroatoms. The summed E-state index contributed by atoms with van der Waals surface area (Å²) in [7, 11) is 0. The number of hydrogen-bond donors (Lipinski definition) is 3. The van der Waals surface area contributed by atoms with E-state index in [0.717, 1.165) is 0 Å². The van der Waals surface area contributed by atoms with Crippen LogP contribution in [0.2, 0.25) is 0 Å². The van der Waals surface area contributed by atoms with Gasteiger partial charge in [0.1, 0.15) is 0 Å². The minimum Gasteiger partial charge on any atom is -0.475 e. The van der Waals surface area contributed by atoms with Crippen molar-refractivity contribution >= 4 is 5.97 Å². The van der Waals surface area contributed by atoms with Gasteiger partial charge in [-0.1, -0.05) is 6.07 Å². The van der Waals surface area contributed by atoms with Crippen LogP contribution in [0.25, 0.3) is 0 Å². The normalized spacial score (nSPS) is 10.4. The van der Waals surface area contributed by atoms with Gasteiger partial charge in [0.25, 0.3) is 0 Å². The van der Waals surface area contributed by atoms with E-state index in [2.05, 4.69) is 10.4 Å². The average molecular weight is 255 g/mol. The zero-order valence-corrected chi connectivity index (χ0v) is 8.33. The van der Waals surface area contributed by atoms with Crippen molar-refractivity contribution in [3.05, 3.63) is 29.8 Å². The lowest BCUT2D eigenvalue weighted by Crippen LogP contribution is -2.21. The zero-order valence-electron chi connectivity index (χ0n) is 8.33. The standard InChI is InChI=1S/C6H8FN3.C2HF3O2/c7-6-5(4-10-8)2-1-3-9-6;3-2(4,5)1(6)7/h1-3,10H,4,8H2;(H,6,7). The van der Waals surface area contributed by atoms with E-state index in [0.29, 0.717) is 12.1 Å². The minimum atomic E-state index is -5.08. The number of halogens is 4. The van der Waals surface area contributed by atoms with Gasteiger partial charge in [0, 0.05) is 18.3 Å². The van der Waals surface area contributed by atoms with Crippen LogP contribution in [0.4, 0.5) is 17.6 Å². The van der Waals surface area contributed by atoms with Gasteiger partial charge in [0.2, 0.25) is 5.95 Å². The smallest absolute Gasteiger partial charge is 0.475 e. The largest absolute Gasteiger partial charge is 0.490 e. The van der Waals surface area contributed by atoms with Crippen LogP contribution in [0.5, 0.6) is 0 Å². The number of hydrazine groups is 1. The van der Waals surface area contributed by atoms with Gasteiger partial charge in [-0.3, -0.25) is 11.3 Å². The molecule has 0 amide bonds. The Morgan fingerprint density at radius 2 is 2.06 bits per heavy atom. The van der Waals surface area contributed by atoms with E-state index >= 15 is 0 Å². The van der Waals surface area contributed by atoms with Gasteiger partial charge in [0.05, 0.1) is 0 Å². The number of nitrogens with zero attached hydrogens (tertiary/aromatic N) is 1. The second-order valence-corrected chi connectivity index (χ2v) is 2.64. The summed E-state index contributed by atoms with van der Waals surface area (Å²) in [5.41, 5.74) is 2.82. The molecule has 1 aromatic rings. The number of carbonyl (C=O) groups is 1. The Bertz CT molecular complexity index is 370. The molecule has 0 saturated carbocycles. The van der Waals surface area contributed by atoms with Crippen LogP contribution in [0.3, 0.4) is 0 Å². The van der Waals surface area contributed by atoms with Gasteiger partial charge in [-0.05, 0) is 6.07 Å². The molecule has 1 heterocycles. The summed E-state index contributed by atoms with van der Waals surface area (Å²) >= 11 is 0. The second-order valence-electron chi connectivity index (χ2n) is 2.64. The fraction of sp³-hybridized carbons (Fsp3) is 0.250. The predicted octanol–water partition coefficient (Wildman–Crippen LogP) is 0.817. The predicted molar refractivity (Wildman–Crippen MR) is 48.9 cm³/mol. The van der Waals surface area contributed by atoms with Crippen molar-refractivity contribution in [2.75, 3.05) is 0 Å². The second kappa shape index (κ2) is 6.76.